The lowest BCUT2D eigenvalue weighted by Gasteiger charge is -2.06. The number of benzene rings is 1. The molecule has 0 amide bonds. The zero-order valence-corrected chi connectivity index (χ0v) is 12.5. The molecule has 6 heteroatoms. The van der Waals surface area contributed by atoms with Crippen LogP contribution >= 0.6 is 22.9 Å². The van der Waals surface area contributed by atoms with E-state index in [1.54, 1.807) is 6.07 Å². The van der Waals surface area contributed by atoms with E-state index in [4.69, 9.17) is 21.4 Å². The van der Waals surface area contributed by atoms with E-state index in [-0.39, 0.29) is 0 Å². The highest BCUT2D eigenvalue weighted by Gasteiger charge is 2.24. The number of aliphatic carboxylic acids is 1. The number of carboxylic acid groups (broad SMARTS) is 1. The van der Waals surface area contributed by atoms with Gasteiger partial charge in [-0.15, -0.1) is 11.3 Å². The highest BCUT2D eigenvalue weighted by molar-refractivity contribution is 7.17. The minimum absolute atomic E-state index is 0.425. The molecular formula is C15H10ClNO3S. The molecular weight excluding hydrogens is 310 g/mol. The number of para-hydroxylation sites is 1. The van der Waals surface area contributed by atoms with Crippen molar-refractivity contribution in [1.82, 2.24) is 0 Å². The minimum atomic E-state index is -1.02. The van der Waals surface area contributed by atoms with Gasteiger partial charge >= 0.3 is 5.97 Å². The lowest BCUT2D eigenvalue weighted by Crippen LogP contribution is -2.03. The lowest BCUT2D eigenvalue weighted by molar-refractivity contribution is -0.131. The van der Waals surface area contributed by atoms with Gasteiger partial charge in [-0.05, 0) is 12.1 Å². The van der Waals surface area contributed by atoms with Crippen LogP contribution in [-0.4, -0.2) is 24.1 Å². The summed E-state index contributed by atoms with van der Waals surface area (Å²) >= 11 is 7.40. The molecule has 2 heterocycles. The van der Waals surface area contributed by atoms with Crippen molar-refractivity contribution in [2.75, 3.05) is 7.11 Å². The molecule has 0 radical (unpaired) electrons. The van der Waals surface area contributed by atoms with E-state index in [0.29, 0.717) is 27.1 Å². The number of nitrogens with zero attached hydrogens (tertiary/aromatic N) is 1. The van der Waals surface area contributed by atoms with Crippen LogP contribution in [-0.2, 0) is 9.53 Å². The molecule has 1 N–H and O–H groups in total. The maximum Gasteiger partial charge on any atom is 0.328 e. The van der Waals surface area contributed by atoms with Gasteiger partial charge in [-0.2, -0.15) is 0 Å². The predicted molar refractivity (Wildman–Crippen MR) is 83.7 cm³/mol. The Kier molecular flexibility index (Phi) is 3.53. The first-order valence-corrected chi connectivity index (χ1v) is 7.26. The SMILES string of the molecule is COC1=Nc2ccccc2C(=CC(=O)O)c2sc(Cl)cc21. The number of carboxylic acids is 1. The number of hydrogen-bond donors (Lipinski definition) is 1. The first-order chi connectivity index (χ1) is 10.1. The van der Waals surface area contributed by atoms with Crippen LogP contribution in [0.15, 0.2) is 41.4 Å². The van der Waals surface area contributed by atoms with E-state index >= 15 is 0 Å². The van der Waals surface area contributed by atoms with Gasteiger partial charge in [-0.1, -0.05) is 29.8 Å². The lowest BCUT2D eigenvalue weighted by atomic mass is 10.0. The van der Waals surface area contributed by atoms with Crippen molar-refractivity contribution in [2.24, 2.45) is 4.99 Å². The fourth-order valence-electron chi connectivity index (χ4n) is 2.23. The largest absolute Gasteiger partial charge is 0.481 e. The number of hydrogen-bond acceptors (Lipinski definition) is 4. The van der Waals surface area contributed by atoms with E-state index in [9.17, 15) is 4.79 Å². The first-order valence-electron chi connectivity index (χ1n) is 6.07. The maximum absolute atomic E-state index is 11.2. The molecule has 1 aromatic carbocycles. The van der Waals surface area contributed by atoms with Crippen LogP contribution in [0.2, 0.25) is 4.34 Å². The van der Waals surface area contributed by atoms with Gasteiger partial charge in [0, 0.05) is 22.1 Å². The fraction of sp³-hybridized carbons (Fsp3) is 0.0667. The van der Waals surface area contributed by atoms with E-state index in [1.165, 1.54) is 24.5 Å². The second-order valence-electron chi connectivity index (χ2n) is 4.33. The third-order valence-corrected chi connectivity index (χ3v) is 4.35. The molecule has 0 saturated carbocycles. The normalized spacial score (nSPS) is 15.0. The summed E-state index contributed by atoms with van der Waals surface area (Å²) in [6, 6.07) is 9.09. The Morgan fingerprint density at radius 1 is 1.38 bits per heavy atom. The molecule has 0 saturated heterocycles. The zero-order chi connectivity index (χ0) is 15.0. The number of halogens is 1. The molecule has 1 aliphatic rings. The van der Waals surface area contributed by atoms with Crippen molar-refractivity contribution in [3.8, 4) is 0 Å². The van der Waals surface area contributed by atoms with Gasteiger partial charge in [-0.3, -0.25) is 0 Å². The Bertz CT molecular complexity index is 792. The molecule has 1 aromatic heterocycles. The summed E-state index contributed by atoms with van der Waals surface area (Å²) < 4.78 is 5.90. The van der Waals surface area contributed by atoms with Crippen LogP contribution in [0.3, 0.4) is 0 Å². The van der Waals surface area contributed by atoms with E-state index in [1.807, 2.05) is 24.3 Å². The third-order valence-electron chi connectivity index (χ3n) is 3.05. The van der Waals surface area contributed by atoms with Gasteiger partial charge < -0.3 is 9.84 Å². The van der Waals surface area contributed by atoms with Crippen molar-refractivity contribution in [3.05, 3.63) is 56.7 Å². The highest BCUT2D eigenvalue weighted by atomic mass is 35.5. The average molecular weight is 320 g/mol. The van der Waals surface area contributed by atoms with Crippen molar-refractivity contribution in [3.63, 3.8) is 0 Å². The van der Waals surface area contributed by atoms with Crippen molar-refractivity contribution in [1.29, 1.82) is 0 Å². The van der Waals surface area contributed by atoms with Crippen LogP contribution in [0.4, 0.5) is 5.69 Å². The summed E-state index contributed by atoms with van der Waals surface area (Å²) in [6.07, 6.45) is 1.18. The molecule has 0 spiro atoms. The second kappa shape index (κ2) is 5.35. The van der Waals surface area contributed by atoms with Crippen LogP contribution in [0.25, 0.3) is 5.57 Å². The Labute approximate surface area is 130 Å². The number of carbonyl (C=O) groups is 1. The predicted octanol–water partition coefficient (Wildman–Crippen LogP) is 3.96. The number of fused-ring (bicyclic) bond motifs is 2. The molecule has 1 aliphatic heterocycles. The summed E-state index contributed by atoms with van der Waals surface area (Å²) in [7, 11) is 1.53. The second-order valence-corrected chi connectivity index (χ2v) is 6.01. The Balaban J connectivity index is 2.37. The van der Waals surface area contributed by atoms with Gasteiger partial charge in [0.2, 0.25) is 5.90 Å². The summed E-state index contributed by atoms with van der Waals surface area (Å²) in [5, 5.41) is 9.17. The molecule has 3 rings (SSSR count). The summed E-state index contributed by atoms with van der Waals surface area (Å²) in [4.78, 5) is 16.4. The number of thiophene rings is 1. The molecule has 0 bridgehead atoms. The Hall–Kier alpha value is -2.11. The van der Waals surface area contributed by atoms with Gasteiger partial charge in [0.15, 0.2) is 0 Å². The highest BCUT2D eigenvalue weighted by Crippen LogP contribution is 2.42. The molecule has 0 fully saturated rings. The van der Waals surface area contributed by atoms with Crippen molar-refractivity contribution < 1.29 is 14.6 Å². The van der Waals surface area contributed by atoms with Gasteiger partial charge in [0.05, 0.1) is 22.7 Å². The molecule has 0 atom stereocenters. The monoisotopic (exact) mass is 319 g/mol. The van der Waals surface area contributed by atoms with Crippen LogP contribution in [0.5, 0.6) is 0 Å². The quantitative estimate of drug-likeness (QED) is 0.809. The first kappa shape index (κ1) is 13.9. The summed E-state index contributed by atoms with van der Waals surface area (Å²) in [5.41, 5.74) is 2.70. The van der Waals surface area contributed by atoms with E-state index in [2.05, 4.69) is 4.99 Å². The molecule has 4 nitrogen and oxygen atoms in total. The maximum atomic E-state index is 11.2. The van der Waals surface area contributed by atoms with E-state index in [0.717, 1.165) is 10.4 Å². The molecule has 2 aromatic rings. The van der Waals surface area contributed by atoms with Gasteiger partial charge in [0.25, 0.3) is 0 Å². The zero-order valence-electron chi connectivity index (χ0n) is 11.0. The third kappa shape index (κ3) is 2.46. The topological polar surface area (TPSA) is 58.9 Å². The summed E-state index contributed by atoms with van der Waals surface area (Å²) in [5.74, 6) is -0.592. The fourth-order valence-corrected chi connectivity index (χ4v) is 3.48. The number of methoxy groups -OCH3 is 1. The van der Waals surface area contributed by atoms with Crippen LogP contribution in [0.1, 0.15) is 16.0 Å². The smallest absolute Gasteiger partial charge is 0.328 e. The Morgan fingerprint density at radius 3 is 2.86 bits per heavy atom. The van der Waals surface area contributed by atoms with Gasteiger partial charge in [-0.25, -0.2) is 9.79 Å². The standard InChI is InChI=1S/C15H10ClNO3S/c1-20-15-10-6-12(16)21-14(10)9(7-13(18)19)8-4-2-3-5-11(8)17-15/h2-7H,1H3,(H,18,19). The van der Waals surface area contributed by atoms with Crippen LogP contribution in [0, 0.1) is 0 Å². The van der Waals surface area contributed by atoms with Crippen molar-refractivity contribution >= 4 is 46.1 Å². The number of ether oxygens (including phenoxy) is 1. The molecule has 21 heavy (non-hydrogen) atoms. The number of aliphatic imine (C=N–C) groups is 1. The van der Waals surface area contributed by atoms with Crippen LogP contribution < -0.4 is 0 Å². The minimum Gasteiger partial charge on any atom is -0.481 e. The molecule has 106 valence electrons. The summed E-state index contributed by atoms with van der Waals surface area (Å²) in [6.45, 7) is 0. The Morgan fingerprint density at radius 2 is 2.14 bits per heavy atom. The van der Waals surface area contributed by atoms with E-state index < -0.39 is 5.97 Å². The molecule has 0 unspecified atom stereocenters. The molecule has 0 aliphatic carbocycles. The average Bonchev–Trinajstić information content (AvgIpc) is 2.79. The van der Waals surface area contributed by atoms with Crippen molar-refractivity contribution in [2.45, 2.75) is 0 Å². The number of rotatable bonds is 1. The van der Waals surface area contributed by atoms with Gasteiger partial charge in [0.1, 0.15) is 0 Å².